The maximum Gasteiger partial charge on any atom is 0.305 e. The van der Waals surface area contributed by atoms with E-state index in [9.17, 15) is 4.79 Å². The zero-order valence-corrected chi connectivity index (χ0v) is 35.9. The van der Waals surface area contributed by atoms with E-state index in [2.05, 4.69) is 57.2 Å². The van der Waals surface area contributed by atoms with Crippen LogP contribution < -0.4 is 0 Å². The number of allylic oxidation sites excluding steroid dienone is 6. The highest BCUT2D eigenvalue weighted by Gasteiger charge is 2.03. The van der Waals surface area contributed by atoms with Gasteiger partial charge in [0.1, 0.15) is 0 Å². The minimum absolute atomic E-state index is 0.0104. The highest BCUT2D eigenvalue weighted by molar-refractivity contribution is 5.69. The fourth-order valence-corrected chi connectivity index (χ4v) is 7.22. The predicted octanol–water partition coefficient (Wildman–Crippen LogP) is 17.7. The summed E-state index contributed by atoms with van der Waals surface area (Å²) < 4.78 is 5.47. The van der Waals surface area contributed by atoms with Gasteiger partial charge in [-0.25, -0.2) is 0 Å². The Balaban J connectivity index is 3.18. The van der Waals surface area contributed by atoms with E-state index < -0.39 is 0 Å². The van der Waals surface area contributed by atoms with Crippen LogP contribution in [-0.4, -0.2) is 12.6 Å². The predicted molar refractivity (Wildman–Crippen MR) is 234 cm³/mol. The van der Waals surface area contributed by atoms with E-state index in [1.807, 2.05) is 0 Å². The third kappa shape index (κ3) is 46.7. The molecule has 0 aliphatic carbocycles. The summed E-state index contributed by atoms with van der Waals surface area (Å²) in [5.41, 5.74) is 0. The van der Waals surface area contributed by atoms with Crippen molar-refractivity contribution in [1.82, 2.24) is 0 Å². The van der Waals surface area contributed by atoms with Crippen LogP contribution in [0.15, 0.2) is 36.5 Å². The molecule has 2 nitrogen and oxygen atoms in total. The lowest BCUT2D eigenvalue weighted by Gasteiger charge is -2.06. The summed E-state index contributed by atoms with van der Waals surface area (Å²) in [6.45, 7) is 7.48. The number of carbonyl (C=O) groups excluding carboxylic acids is 1. The molecule has 0 saturated heterocycles. The average Bonchev–Trinajstić information content (AvgIpc) is 3.13. The summed E-state index contributed by atoms with van der Waals surface area (Å²) in [6, 6.07) is 0. The van der Waals surface area contributed by atoms with Gasteiger partial charge in [0.2, 0.25) is 0 Å². The molecule has 0 saturated carbocycles. The topological polar surface area (TPSA) is 26.3 Å². The second-order valence-corrected chi connectivity index (χ2v) is 16.5. The Hall–Kier alpha value is -1.31. The number of hydrogen-bond donors (Lipinski definition) is 0. The Morgan fingerprint density at radius 2 is 0.731 bits per heavy atom. The molecule has 0 spiro atoms. The fourth-order valence-electron chi connectivity index (χ4n) is 7.22. The Morgan fingerprint density at radius 1 is 0.404 bits per heavy atom. The van der Waals surface area contributed by atoms with Crippen LogP contribution in [0.3, 0.4) is 0 Å². The molecule has 0 bridgehead atoms. The molecular weight excluding hydrogens is 633 g/mol. The zero-order valence-electron chi connectivity index (χ0n) is 35.9. The van der Waals surface area contributed by atoms with E-state index in [1.165, 1.54) is 199 Å². The normalized spacial score (nSPS) is 12.1. The molecule has 0 aliphatic rings. The van der Waals surface area contributed by atoms with Gasteiger partial charge in [0.25, 0.3) is 0 Å². The molecule has 0 aromatic heterocycles. The van der Waals surface area contributed by atoms with Gasteiger partial charge in [0, 0.05) is 6.42 Å². The van der Waals surface area contributed by atoms with Crippen LogP contribution in [0.25, 0.3) is 0 Å². The highest BCUT2D eigenvalue weighted by Crippen LogP contribution is 2.17. The molecule has 0 atom stereocenters. The van der Waals surface area contributed by atoms with Crippen LogP contribution in [0.5, 0.6) is 0 Å². The van der Waals surface area contributed by atoms with E-state index >= 15 is 0 Å². The van der Waals surface area contributed by atoms with E-state index in [0.29, 0.717) is 13.0 Å². The minimum atomic E-state index is 0.0104. The molecule has 0 aliphatic heterocycles. The van der Waals surface area contributed by atoms with Gasteiger partial charge in [0.15, 0.2) is 0 Å². The molecule has 0 N–H and O–H groups in total. The number of ether oxygens (including phenoxy) is 1. The molecule has 0 amide bonds. The van der Waals surface area contributed by atoms with Crippen molar-refractivity contribution in [3.63, 3.8) is 0 Å². The van der Waals surface area contributed by atoms with Crippen molar-refractivity contribution >= 4 is 5.97 Å². The van der Waals surface area contributed by atoms with Crippen LogP contribution in [0, 0.1) is 5.92 Å². The summed E-state index contributed by atoms with van der Waals surface area (Å²) >= 11 is 0. The molecule has 0 rings (SSSR count). The van der Waals surface area contributed by atoms with Crippen molar-refractivity contribution in [2.75, 3.05) is 6.61 Å². The lowest BCUT2D eigenvalue weighted by molar-refractivity contribution is -0.143. The van der Waals surface area contributed by atoms with E-state index in [4.69, 9.17) is 4.74 Å². The highest BCUT2D eigenvalue weighted by atomic mass is 16.5. The molecule has 52 heavy (non-hydrogen) atoms. The van der Waals surface area contributed by atoms with Crippen LogP contribution in [0.4, 0.5) is 0 Å². The van der Waals surface area contributed by atoms with Gasteiger partial charge in [-0.15, -0.1) is 0 Å². The van der Waals surface area contributed by atoms with Crippen molar-refractivity contribution < 1.29 is 9.53 Å². The van der Waals surface area contributed by atoms with E-state index in [0.717, 1.165) is 44.4 Å². The van der Waals surface area contributed by atoms with Crippen LogP contribution >= 0.6 is 0 Å². The first kappa shape index (κ1) is 50.7. The van der Waals surface area contributed by atoms with Gasteiger partial charge >= 0.3 is 5.97 Å². The van der Waals surface area contributed by atoms with Crippen molar-refractivity contribution in [2.45, 2.75) is 265 Å². The lowest BCUT2D eigenvalue weighted by Crippen LogP contribution is -2.05. The van der Waals surface area contributed by atoms with Crippen molar-refractivity contribution in [3.8, 4) is 0 Å². The SMILES string of the molecule is CC/C=C\C/C=C\C/C=C\CCCCCCCC(=O)OCCCCCCCCCCCCCCCCCCCCCCCCCCCCCC(C)C. The molecule has 306 valence electrons. The van der Waals surface area contributed by atoms with Gasteiger partial charge in [0.05, 0.1) is 6.61 Å². The average molecular weight is 727 g/mol. The smallest absolute Gasteiger partial charge is 0.305 e. The van der Waals surface area contributed by atoms with Crippen molar-refractivity contribution in [1.29, 1.82) is 0 Å². The first-order chi connectivity index (χ1) is 25.7. The first-order valence-corrected chi connectivity index (χ1v) is 23.8. The van der Waals surface area contributed by atoms with Crippen LogP contribution in [0.1, 0.15) is 265 Å². The summed E-state index contributed by atoms with van der Waals surface area (Å²) in [6.07, 6.45) is 64.2. The Bertz CT molecular complexity index is 762. The number of esters is 1. The van der Waals surface area contributed by atoms with Gasteiger partial charge in [-0.1, -0.05) is 250 Å². The molecule has 0 unspecified atom stereocenters. The standard InChI is InChI=1S/C50H94O2/c1-4-5-6-7-8-9-10-11-25-29-32-35-38-41-44-47-50(51)52-48-45-42-39-36-33-30-27-24-22-20-18-16-14-12-13-15-17-19-21-23-26-28-31-34-37-40-43-46-49(2)3/h5-6,8-9,11,25,49H,4,7,10,12-24,26-48H2,1-3H3/b6-5-,9-8-,25-11-. The molecule has 0 heterocycles. The summed E-state index contributed by atoms with van der Waals surface area (Å²) in [4.78, 5) is 12.0. The van der Waals surface area contributed by atoms with Gasteiger partial charge in [-0.2, -0.15) is 0 Å². The molecule has 2 heteroatoms. The quantitative estimate of drug-likeness (QED) is 0.0355. The second-order valence-electron chi connectivity index (χ2n) is 16.5. The summed E-state index contributed by atoms with van der Waals surface area (Å²) in [5.74, 6) is 0.897. The van der Waals surface area contributed by atoms with Gasteiger partial charge < -0.3 is 4.74 Å². The largest absolute Gasteiger partial charge is 0.466 e. The second kappa shape index (κ2) is 45.8. The number of carbonyl (C=O) groups is 1. The summed E-state index contributed by atoms with van der Waals surface area (Å²) in [5, 5.41) is 0. The minimum Gasteiger partial charge on any atom is -0.466 e. The number of rotatable bonds is 43. The molecule has 0 aromatic carbocycles. The zero-order chi connectivity index (χ0) is 37.7. The van der Waals surface area contributed by atoms with E-state index in [1.54, 1.807) is 0 Å². The third-order valence-corrected chi connectivity index (χ3v) is 10.7. The van der Waals surface area contributed by atoms with Gasteiger partial charge in [-0.3, -0.25) is 4.79 Å². The Kier molecular flexibility index (Phi) is 44.7. The molecular formula is C50H94O2. The molecule has 0 aromatic rings. The number of unbranched alkanes of at least 4 members (excludes halogenated alkanes) is 31. The monoisotopic (exact) mass is 727 g/mol. The van der Waals surface area contributed by atoms with Crippen molar-refractivity contribution in [2.24, 2.45) is 5.92 Å². The first-order valence-electron chi connectivity index (χ1n) is 23.8. The molecule has 0 fully saturated rings. The van der Waals surface area contributed by atoms with Gasteiger partial charge in [-0.05, 0) is 50.9 Å². The number of hydrogen-bond acceptors (Lipinski definition) is 2. The Labute approximate surface area is 328 Å². The van der Waals surface area contributed by atoms with E-state index in [-0.39, 0.29) is 5.97 Å². The third-order valence-electron chi connectivity index (χ3n) is 10.7. The maximum absolute atomic E-state index is 12.0. The molecule has 0 radical (unpaired) electrons. The Morgan fingerprint density at radius 3 is 1.13 bits per heavy atom. The fraction of sp³-hybridized carbons (Fsp3) is 0.860. The van der Waals surface area contributed by atoms with Crippen molar-refractivity contribution in [3.05, 3.63) is 36.5 Å². The van der Waals surface area contributed by atoms with Crippen LogP contribution in [0.2, 0.25) is 0 Å². The van der Waals surface area contributed by atoms with Crippen LogP contribution in [-0.2, 0) is 9.53 Å². The summed E-state index contributed by atoms with van der Waals surface area (Å²) in [7, 11) is 0. The maximum atomic E-state index is 12.0. The lowest BCUT2D eigenvalue weighted by atomic mass is 10.0.